The number of carboxylic acids is 1. The van der Waals surface area contributed by atoms with E-state index in [-0.39, 0.29) is 18.6 Å². The molecule has 2 aromatic rings. The zero-order valence-electron chi connectivity index (χ0n) is 16.0. The molecule has 28 heavy (non-hydrogen) atoms. The molecule has 3 atom stereocenters. The van der Waals surface area contributed by atoms with E-state index in [1.54, 1.807) is 0 Å². The van der Waals surface area contributed by atoms with Crippen LogP contribution in [0.5, 0.6) is 5.75 Å². The van der Waals surface area contributed by atoms with E-state index in [1.807, 2.05) is 30.3 Å². The van der Waals surface area contributed by atoms with Crippen molar-refractivity contribution in [2.75, 3.05) is 13.2 Å². The average Bonchev–Trinajstić information content (AvgIpc) is 3.22. The summed E-state index contributed by atoms with van der Waals surface area (Å²) in [6.07, 6.45) is 4.13. The van der Waals surface area contributed by atoms with Crippen LogP contribution in [-0.2, 0) is 17.8 Å². The van der Waals surface area contributed by atoms with Gasteiger partial charge in [-0.2, -0.15) is 0 Å². The molecule has 0 radical (unpaired) electrons. The smallest absolute Gasteiger partial charge is 0.341 e. The second kappa shape index (κ2) is 7.94. The fourth-order valence-corrected chi connectivity index (χ4v) is 5.19. The number of ether oxygens (including phenoxy) is 1. The summed E-state index contributed by atoms with van der Waals surface area (Å²) in [5, 5.41) is 19.3. The van der Waals surface area contributed by atoms with Crippen LogP contribution >= 0.6 is 0 Å². The van der Waals surface area contributed by atoms with Crippen molar-refractivity contribution in [3.63, 3.8) is 0 Å². The molecule has 2 bridgehead atoms. The Bertz CT molecular complexity index is 824. The highest BCUT2D eigenvalue weighted by Crippen LogP contribution is 2.52. The molecule has 0 amide bonds. The third-order valence-electron chi connectivity index (χ3n) is 6.38. The standard InChI is InChI=1S/C23H27NO4/c25-16-23(12-17-6-2-1-3-7-17)13-19-10-11-21(23)24(19)14-18-8-4-5-9-20(18)28-15-22(26)27/h1-9,19,21,25H,10-16H2,(H,26,27)/t19-,21+,23-/m0/s1. The Morgan fingerprint density at radius 1 is 1.11 bits per heavy atom. The molecule has 2 heterocycles. The van der Waals surface area contributed by atoms with Gasteiger partial charge in [0, 0.05) is 29.6 Å². The zero-order valence-corrected chi connectivity index (χ0v) is 16.0. The van der Waals surface area contributed by atoms with E-state index in [1.165, 1.54) is 5.56 Å². The number of aliphatic carboxylic acids is 1. The second-order valence-corrected chi connectivity index (χ2v) is 8.10. The number of hydrogen-bond donors (Lipinski definition) is 2. The first-order chi connectivity index (χ1) is 13.6. The molecule has 5 heteroatoms. The van der Waals surface area contributed by atoms with Crippen molar-refractivity contribution in [1.82, 2.24) is 4.90 Å². The fourth-order valence-electron chi connectivity index (χ4n) is 5.19. The van der Waals surface area contributed by atoms with E-state index in [0.29, 0.717) is 17.8 Å². The van der Waals surface area contributed by atoms with E-state index in [2.05, 4.69) is 29.2 Å². The number of nitrogens with zero attached hydrogens (tertiary/aromatic N) is 1. The first kappa shape index (κ1) is 19.0. The maximum absolute atomic E-state index is 10.9. The molecule has 0 spiro atoms. The maximum Gasteiger partial charge on any atom is 0.341 e. The van der Waals surface area contributed by atoms with Crippen molar-refractivity contribution in [2.24, 2.45) is 5.41 Å². The highest BCUT2D eigenvalue weighted by atomic mass is 16.5. The summed E-state index contributed by atoms with van der Waals surface area (Å²) < 4.78 is 5.50. The van der Waals surface area contributed by atoms with E-state index < -0.39 is 5.97 Å². The van der Waals surface area contributed by atoms with Crippen LogP contribution in [0.25, 0.3) is 0 Å². The van der Waals surface area contributed by atoms with Gasteiger partial charge in [0.2, 0.25) is 0 Å². The number of para-hydroxylation sites is 1. The molecule has 0 saturated carbocycles. The van der Waals surface area contributed by atoms with Crippen LogP contribution in [0, 0.1) is 5.41 Å². The van der Waals surface area contributed by atoms with Gasteiger partial charge >= 0.3 is 5.97 Å². The molecule has 4 rings (SSSR count). The molecule has 2 N–H and O–H groups in total. The quantitative estimate of drug-likeness (QED) is 0.735. The van der Waals surface area contributed by atoms with Crippen molar-refractivity contribution in [3.8, 4) is 5.75 Å². The normalized spacial score (nSPS) is 26.5. The van der Waals surface area contributed by atoms with E-state index in [0.717, 1.165) is 37.8 Å². The van der Waals surface area contributed by atoms with E-state index in [4.69, 9.17) is 9.84 Å². The predicted octanol–water partition coefficient (Wildman–Crippen LogP) is 3.11. The van der Waals surface area contributed by atoms with Crippen LogP contribution in [-0.4, -0.2) is 46.4 Å². The van der Waals surface area contributed by atoms with E-state index in [9.17, 15) is 9.90 Å². The molecule has 0 aliphatic carbocycles. The summed E-state index contributed by atoms with van der Waals surface area (Å²) in [6, 6.07) is 18.9. The van der Waals surface area contributed by atoms with Crippen LogP contribution in [0.3, 0.4) is 0 Å². The van der Waals surface area contributed by atoms with Crippen LogP contribution in [0.2, 0.25) is 0 Å². The largest absolute Gasteiger partial charge is 0.482 e. The number of carbonyl (C=O) groups is 1. The third kappa shape index (κ3) is 3.64. The van der Waals surface area contributed by atoms with Gasteiger partial charge < -0.3 is 14.9 Å². The number of aliphatic hydroxyl groups excluding tert-OH is 1. The fraction of sp³-hybridized carbons (Fsp3) is 0.435. The van der Waals surface area contributed by atoms with Crippen LogP contribution in [0.15, 0.2) is 54.6 Å². The monoisotopic (exact) mass is 381 g/mol. The highest BCUT2D eigenvalue weighted by Gasteiger charge is 2.55. The van der Waals surface area contributed by atoms with Gasteiger partial charge in [-0.1, -0.05) is 48.5 Å². The summed E-state index contributed by atoms with van der Waals surface area (Å²) in [5.41, 5.74) is 2.17. The van der Waals surface area contributed by atoms with Crippen LogP contribution in [0.1, 0.15) is 30.4 Å². The van der Waals surface area contributed by atoms with Crippen molar-refractivity contribution in [1.29, 1.82) is 0 Å². The molecular formula is C23H27NO4. The topological polar surface area (TPSA) is 70.0 Å². The second-order valence-electron chi connectivity index (χ2n) is 8.10. The lowest BCUT2D eigenvalue weighted by Crippen LogP contribution is -2.41. The third-order valence-corrected chi connectivity index (χ3v) is 6.38. The van der Waals surface area contributed by atoms with Gasteiger partial charge in [0.15, 0.2) is 6.61 Å². The lowest BCUT2D eigenvalue weighted by atomic mass is 9.70. The molecule has 2 aromatic carbocycles. The molecule has 0 aromatic heterocycles. The minimum atomic E-state index is -0.974. The van der Waals surface area contributed by atoms with Crippen LogP contribution in [0.4, 0.5) is 0 Å². The summed E-state index contributed by atoms with van der Waals surface area (Å²) in [7, 11) is 0. The summed E-state index contributed by atoms with van der Waals surface area (Å²) in [6.45, 7) is 0.580. The van der Waals surface area contributed by atoms with Gasteiger partial charge in [-0.25, -0.2) is 4.79 Å². The van der Waals surface area contributed by atoms with E-state index >= 15 is 0 Å². The van der Waals surface area contributed by atoms with Gasteiger partial charge in [-0.15, -0.1) is 0 Å². The van der Waals surface area contributed by atoms with Gasteiger partial charge in [0.05, 0.1) is 6.61 Å². The highest BCUT2D eigenvalue weighted by molar-refractivity contribution is 5.68. The predicted molar refractivity (Wildman–Crippen MR) is 106 cm³/mol. The number of fused-ring (bicyclic) bond motifs is 2. The SMILES string of the molecule is O=C(O)COc1ccccc1CN1[C@H]2CC[C@@H]1[C@@](CO)(Cc1ccccc1)C2. The lowest BCUT2D eigenvalue weighted by Gasteiger charge is -2.36. The van der Waals surface area contributed by atoms with Crippen molar-refractivity contribution >= 4 is 5.97 Å². The first-order valence-corrected chi connectivity index (χ1v) is 9.94. The Hall–Kier alpha value is -2.37. The molecule has 2 aliphatic heterocycles. The molecule has 2 aliphatic rings. The minimum Gasteiger partial charge on any atom is -0.482 e. The van der Waals surface area contributed by atoms with Crippen molar-refractivity contribution < 1.29 is 19.7 Å². The van der Waals surface area contributed by atoms with Gasteiger partial charge in [0.1, 0.15) is 5.75 Å². The Morgan fingerprint density at radius 3 is 2.61 bits per heavy atom. The summed E-state index contributed by atoms with van der Waals surface area (Å²) in [5.74, 6) is -0.341. The number of benzene rings is 2. The van der Waals surface area contributed by atoms with Gasteiger partial charge in [0.25, 0.3) is 0 Å². The number of hydrogen-bond acceptors (Lipinski definition) is 4. The van der Waals surface area contributed by atoms with Crippen molar-refractivity contribution in [2.45, 2.75) is 44.3 Å². The number of aliphatic hydroxyl groups is 1. The summed E-state index contributed by atoms with van der Waals surface area (Å²) >= 11 is 0. The Balaban J connectivity index is 1.53. The van der Waals surface area contributed by atoms with Crippen LogP contribution < -0.4 is 4.74 Å². The van der Waals surface area contributed by atoms with Gasteiger partial charge in [-0.05, 0) is 37.3 Å². The Labute approximate surface area is 165 Å². The number of rotatable bonds is 8. The Morgan fingerprint density at radius 2 is 1.86 bits per heavy atom. The number of carboxylic acid groups (broad SMARTS) is 1. The van der Waals surface area contributed by atoms with Gasteiger partial charge in [-0.3, -0.25) is 4.90 Å². The maximum atomic E-state index is 10.9. The zero-order chi connectivity index (χ0) is 19.6. The average molecular weight is 381 g/mol. The molecule has 5 nitrogen and oxygen atoms in total. The minimum absolute atomic E-state index is 0.110. The molecule has 2 saturated heterocycles. The lowest BCUT2D eigenvalue weighted by molar-refractivity contribution is -0.139. The molecule has 2 fully saturated rings. The molecule has 148 valence electrons. The molecular weight excluding hydrogens is 354 g/mol. The summed E-state index contributed by atoms with van der Waals surface area (Å²) in [4.78, 5) is 13.4. The molecule has 0 unspecified atom stereocenters. The Kier molecular flexibility index (Phi) is 5.38. The van der Waals surface area contributed by atoms with Crippen molar-refractivity contribution in [3.05, 3.63) is 65.7 Å². The first-order valence-electron chi connectivity index (χ1n) is 9.94.